The van der Waals surface area contributed by atoms with Crippen molar-refractivity contribution < 1.29 is 27.8 Å². The van der Waals surface area contributed by atoms with Crippen molar-refractivity contribution in [2.45, 2.75) is 104 Å². The molecule has 0 unspecified atom stereocenters. The van der Waals surface area contributed by atoms with E-state index in [0.29, 0.717) is 36.4 Å². The van der Waals surface area contributed by atoms with Gasteiger partial charge >= 0.3 is 16.2 Å². The van der Waals surface area contributed by atoms with Gasteiger partial charge in [0.15, 0.2) is 6.10 Å². The van der Waals surface area contributed by atoms with Gasteiger partial charge in [-0.15, -0.1) is 0 Å². The van der Waals surface area contributed by atoms with Crippen molar-refractivity contribution in [3.05, 3.63) is 46.0 Å². The summed E-state index contributed by atoms with van der Waals surface area (Å²) in [6.45, 7) is 10.4. The van der Waals surface area contributed by atoms with Crippen LogP contribution in [0.25, 0.3) is 11.1 Å². The summed E-state index contributed by atoms with van der Waals surface area (Å²) < 4.78 is 44.1. The number of benzene rings is 2. The van der Waals surface area contributed by atoms with Crippen LogP contribution in [0.5, 0.6) is 5.75 Å². The fourth-order valence-corrected chi connectivity index (χ4v) is 8.21. The number of carboxylic acid groups (broad SMARTS) is 1. The van der Waals surface area contributed by atoms with Crippen molar-refractivity contribution >= 4 is 21.9 Å². The van der Waals surface area contributed by atoms with Crippen LogP contribution in [0.3, 0.4) is 0 Å². The second-order valence-electron chi connectivity index (χ2n) is 12.4. The molecule has 2 heterocycles. The highest BCUT2D eigenvalue weighted by molar-refractivity contribution is 7.90. The second kappa shape index (κ2) is 11.0. The molecule has 1 atom stereocenters. The van der Waals surface area contributed by atoms with Crippen LogP contribution in [0.1, 0.15) is 93.2 Å². The molecule has 2 aromatic carbocycles. The summed E-state index contributed by atoms with van der Waals surface area (Å²) >= 11 is 0. The lowest BCUT2D eigenvalue weighted by Crippen LogP contribution is -2.44. The molecule has 2 aromatic rings. The van der Waals surface area contributed by atoms with Gasteiger partial charge < -0.3 is 14.6 Å². The summed E-state index contributed by atoms with van der Waals surface area (Å²) in [7, 11) is -3.82. The monoisotopic (exact) mass is 570 g/mol. The van der Waals surface area contributed by atoms with Gasteiger partial charge in [-0.1, -0.05) is 25.3 Å². The first-order valence-corrected chi connectivity index (χ1v) is 15.9. The molecule has 0 radical (unpaired) electrons. The van der Waals surface area contributed by atoms with Crippen molar-refractivity contribution in [3.8, 4) is 16.9 Å². The maximum absolute atomic E-state index is 13.7. The van der Waals surface area contributed by atoms with Crippen molar-refractivity contribution in [2.75, 3.05) is 17.9 Å². The molecule has 2 aliphatic heterocycles. The summed E-state index contributed by atoms with van der Waals surface area (Å²) in [5.41, 5.74) is 5.40. The number of anilines is 1. The van der Waals surface area contributed by atoms with E-state index in [1.54, 1.807) is 4.31 Å². The molecule has 2 N–H and O–H groups in total. The van der Waals surface area contributed by atoms with Crippen molar-refractivity contribution in [1.29, 1.82) is 0 Å². The second-order valence-corrected chi connectivity index (χ2v) is 14.0. The molecule has 0 spiro atoms. The van der Waals surface area contributed by atoms with Crippen molar-refractivity contribution in [3.63, 3.8) is 0 Å². The Balaban J connectivity index is 1.72. The van der Waals surface area contributed by atoms with Crippen LogP contribution >= 0.6 is 0 Å². The van der Waals surface area contributed by atoms with Crippen LogP contribution in [-0.4, -0.2) is 48.6 Å². The normalized spacial score (nSPS) is 20.4. The zero-order valence-electron chi connectivity index (χ0n) is 24.3. The Morgan fingerprint density at radius 1 is 1.10 bits per heavy atom. The lowest BCUT2D eigenvalue weighted by Gasteiger charge is -2.32. The minimum Gasteiger partial charge on any atom is -0.493 e. The number of rotatable bonds is 5. The van der Waals surface area contributed by atoms with Crippen molar-refractivity contribution in [2.24, 2.45) is 0 Å². The average molecular weight is 571 g/mol. The molecular weight excluding hydrogens is 528 g/mol. The van der Waals surface area contributed by atoms with E-state index >= 15 is 0 Å². The Kier molecular flexibility index (Phi) is 7.94. The highest BCUT2D eigenvalue weighted by Crippen LogP contribution is 2.45. The number of carboxylic acids is 1. The first-order valence-electron chi connectivity index (χ1n) is 14.5. The van der Waals surface area contributed by atoms with Crippen LogP contribution in [0.4, 0.5) is 5.69 Å². The Hall–Kier alpha value is -2.62. The predicted octanol–water partition coefficient (Wildman–Crippen LogP) is 6.08. The molecule has 218 valence electrons. The predicted molar refractivity (Wildman–Crippen MR) is 156 cm³/mol. The summed E-state index contributed by atoms with van der Waals surface area (Å²) in [6.07, 6.45) is 6.00. The number of hydrogen-bond acceptors (Lipinski definition) is 5. The van der Waals surface area contributed by atoms with Gasteiger partial charge in [0.05, 0.1) is 17.9 Å². The van der Waals surface area contributed by atoms with Gasteiger partial charge in [0, 0.05) is 18.2 Å². The minimum absolute atomic E-state index is 0.0169. The molecule has 0 amide bonds. The number of ether oxygens (including phenoxy) is 2. The molecule has 8 nitrogen and oxygen atoms in total. The van der Waals surface area contributed by atoms with Gasteiger partial charge in [-0.2, -0.15) is 12.7 Å². The quantitative estimate of drug-likeness (QED) is 0.451. The van der Waals surface area contributed by atoms with E-state index in [9.17, 15) is 18.3 Å². The molecule has 9 heteroatoms. The molecule has 1 saturated carbocycles. The third-order valence-electron chi connectivity index (χ3n) is 8.44. The maximum Gasteiger partial charge on any atom is 0.337 e. The lowest BCUT2D eigenvalue weighted by molar-refractivity contribution is -0.160. The largest absolute Gasteiger partial charge is 0.493 e. The molecule has 0 saturated heterocycles. The van der Waals surface area contributed by atoms with E-state index < -0.39 is 27.9 Å². The molecule has 1 fully saturated rings. The Labute approximate surface area is 238 Å². The standard InChI is InChI=1S/C31H42N2O6S/c1-19-24-15-16-33(23-11-7-6-8-12-23)40(36,37)32-28(24)20(2)27(29(30(34)35)39-31(3,4)5)26(19)22-13-14-25-21(18-22)10-9-17-38-25/h13-14,18,23,29,32H,6-12,15-17H2,1-5H3,(H,34,35)/t29-/m0/s1. The summed E-state index contributed by atoms with van der Waals surface area (Å²) in [5, 5.41) is 10.5. The van der Waals surface area contributed by atoms with Crippen molar-refractivity contribution in [1.82, 2.24) is 4.31 Å². The van der Waals surface area contributed by atoms with Gasteiger partial charge in [-0.3, -0.25) is 4.72 Å². The van der Waals surface area contributed by atoms with E-state index in [1.807, 2.05) is 46.8 Å². The van der Waals surface area contributed by atoms with Crippen LogP contribution in [0, 0.1) is 13.8 Å². The number of aliphatic carboxylic acids is 1. The molecule has 1 aliphatic carbocycles. The smallest absolute Gasteiger partial charge is 0.337 e. The van der Waals surface area contributed by atoms with E-state index in [-0.39, 0.29) is 6.04 Å². The Bertz CT molecular complexity index is 1410. The van der Waals surface area contributed by atoms with Gasteiger partial charge in [-0.25, -0.2) is 4.79 Å². The third-order valence-corrected chi connectivity index (χ3v) is 10.00. The molecule has 3 aliphatic rings. The number of nitrogens with zero attached hydrogens (tertiary/aromatic N) is 1. The molecule has 40 heavy (non-hydrogen) atoms. The third kappa shape index (κ3) is 5.60. The minimum atomic E-state index is -3.82. The zero-order valence-corrected chi connectivity index (χ0v) is 25.1. The molecular formula is C31H42N2O6S. The maximum atomic E-state index is 13.7. The van der Waals surface area contributed by atoms with Gasteiger partial charge in [-0.05, 0) is 112 Å². The van der Waals surface area contributed by atoms with Gasteiger partial charge in [0.2, 0.25) is 0 Å². The fraction of sp³-hybridized carbons (Fsp3) is 0.581. The lowest BCUT2D eigenvalue weighted by atomic mass is 9.83. The number of nitrogens with one attached hydrogen (secondary N) is 1. The SMILES string of the molecule is Cc1c2c(c(C)c([C@H](OC(C)(C)C)C(=O)O)c1-c1ccc3c(c1)CCCO3)NS(=O)(=O)N(C1CCCCC1)CC2. The number of carbonyl (C=O) groups is 1. The summed E-state index contributed by atoms with van der Waals surface area (Å²) in [4.78, 5) is 12.8. The fourth-order valence-electron chi connectivity index (χ4n) is 6.62. The van der Waals surface area contributed by atoms with E-state index in [1.165, 1.54) is 0 Å². The van der Waals surface area contributed by atoms with E-state index in [0.717, 1.165) is 78.5 Å². The summed E-state index contributed by atoms with van der Waals surface area (Å²) in [5.74, 6) is -0.252. The number of hydrogen-bond donors (Lipinski definition) is 2. The average Bonchev–Trinajstić information content (AvgIpc) is 3.04. The zero-order chi connectivity index (χ0) is 28.8. The van der Waals surface area contributed by atoms with Crippen LogP contribution < -0.4 is 9.46 Å². The molecule has 0 aromatic heterocycles. The summed E-state index contributed by atoms with van der Waals surface area (Å²) in [6, 6.07) is 6.02. The number of aryl methyl sites for hydroxylation is 1. The Morgan fingerprint density at radius 2 is 1.82 bits per heavy atom. The first kappa shape index (κ1) is 28.9. The highest BCUT2D eigenvalue weighted by Gasteiger charge is 2.38. The highest BCUT2D eigenvalue weighted by atomic mass is 32.2. The van der Waals surface area contributed by atoms with Crippen LogP contribution in [-0.2, 0) is 32.6 Å². The Morgan fingerprint density at radius 3 is 2.50 bits per heavy atom. The van der Waals surface area contributed by atoms with Gasteiger partial charge in [0.1, 0.15) is 5.75 Å². The number of fused-ring (bicyclic) bond motifs is 2. The topological polar surface area (TPSA) is 105 Å². The first-order chi connectivity index (χ1) is 18.9. The van der Waals surface area contributed by atoms with E-state index in [4.69, 9.17) is 9.47 Å². The van der Waals surface area contributed by atoms with E-state index in [2.05, 4.69) is 10.8 Å². The van der Waals surface area contributed by atoms with Gasteiger partial charge in [0.25, 0.3) is 0 Å². The van der Waals surface area contributed by atoms with Crippen LogP contribution in [0.15, 0.2) is 18.2 Å². The molecule has 0 bridgehead atoms. The van der Waals surface area contributed by atoms with Crippen LogP contribution in [0.2, 0.25) is 0 Å². The molecule has 5 rings (SSSR count).